The van der Waals surface area contributed by atoms with Gasteiger partial charge in [0.05, 0.1) is 11.5 Å². The minimum atomic E-state index is -0.831. The number of oxime groups is 1. The molecule has 0 fully saturated rings. The molecule has 26 heavy (non-hydrogen) atoms. The third-order valence-corrected chi connectivity index (χ3v) is 5.79. The van der Waals surface area contributed by atoms with E-state index in [1.807, 2.05) is 44.2 Å². The molecule has 1 aliphatic rings. The molecule has 1 N–H and O–H groups in total. The predicted octanol–water partition coefficient (Wildman–Crippen LogP) is 5.52. The van der Waals surface area contributed by atoms with Crippen LogP contribution in [0, 0.1) is 6.92 Å². The first-order valence-electron chi connectivity index (χ1n) is 7.94. The summed E-state index contributed by atoms with van der Waals surface area (Å²) in [5.74, 6) is -0.791. The van der Waals surface area contributed by atoms with Crippen molar-refractivity contribution in [1.82, 2.24) is 0 Å². The normalized spacial score (nSPS) is 19.2. The Morgan fingerprint density at radius 2 is 1.96 bits per heavy atom. The molecule has 2 aromatic carbocycles. The van der Waals surface area contributed by atoms with Gasteiger partial charge in [-0.25, -0.2) is 0 Å². The van der Waals surface area contributed by atoms with Crippen LogP contribution in [-0.4, -0.2) is 22.5 Å². The number of nitrogens with zero attached hydrogens (tertiary/aromatic N) is 1. The van der Waals surface area contributed by atoms with Crippen molar-refractivity contribution in [2.75, 3.05) is 5.75 Å². The maximum atomic E-state index is 10.7. The minimum absolute atomic E-state index is 0.0395. The Kier molecular flexibility index (Phi) is 5.51. The Labute approximate surface area is 166 Å². The Morgan fingerprint density at radius 3 is 2.58 bits per heavy atom. The highest BCUT2D eigenvalue weighted by Gasteiger charge is 2.37. The molecule has 3 rings (SSSR count). The molecule has 136 valence electrons. The van der Waals surface area contributed by atoms with Crippen LogP contribution in [0.3, 0.4) is 0 Å². The van der Waals surface area contributed by atoms with Crippen molar-refractivity contribution in [3.05, 3.63) is 63.1 Å². The number of hydrogen-bond acceptors (Lipinski definition) is 4. The van der Waals surface area contributed by atoms with Gasteiger partial charge >= 0.3 is 5.97 Å². The number of carboxylic acid groups (broad SMARTS) is 1. The number of aryl methyl sites for hydroxylation is 1. The summed E-state index contributed by atoms with van der Waals surface area (Å²) in [5.41, 5.74) is 3.05. The SMILES string of the molecule is Cc1cc(C2=NO[C@](C)(c3cc(Cl)cc(Cl)c3)C2)ccc1SCC(=O)O. The highest BCUT2D eigenvalue weighted by molar-refractivity contribution is 8.00. The Morgan fingerprint density at radius 1 is 1.27 bits per heavy atom. The lowest BCUT2D eigenvalue weighted by Gasteiger charge is -2.22. The van der Waals surface area contributed by atoms with Crippen LogP contribution >= 0.6 is 35.0 Å². The van der Waals surface area contributed by atoms with Gasteiger partial charge in [-0.1, -0.05) is 34.4 Å². The maximum Gasteiger partial charge on any atom is 0.313 e. The molecule has 0 bridgehead atoms. The van der Waals surface area contributed by atoms with Gasteiger partial charge in [0.2, 0.25) is 0 Å². The van der Waals surface area contributed by atoms with Gasteiger partial charge in [-0.3, -0.25) is 4.79 Å². The van der Waals surface area contributed by atoms with Crippen LogP contribution in [0.5, 0.6) is 0 Å². The zero-order chi connectivity index (χ0) is 18.9. The van der Waals surface area contributed by atoms with Gasteiger partial charge in [0.15, 0.2) is 5.60 Å². The van der Waals surface area contributed by atoms with Crippen molar-refractivity contribution in [1.29, 1.82) is 0 Å². The van der Waals surface area contributed by atoms with E-state index in [4.69, 9.17) is 33.1 Å². The van der Waals surface area contributed by atoms with Gasteiger partial charge < -0.3 is 9.94 Å². The van der Waals surface area contributed by atoms with Crippen LogP contribution in [0.15, 0.2) is 46.4 Å². The molecule has 1 atom stereocenters. The zero-order valence-corrected chi connectivity index (χ0v) is 16.6. The smallest absolute Gasteiger partial charge is 0.313 e. The van der Waals surface area contributed by atoms with Crippen LogP contribution in [0.2, 0.25) is 10.0 Å². The van der Waals surface area contributed by atoms with Gasteiger partial charge in [0.1, 0.15) is 0 Å². The van der Waals surface area contributed by atoms with Gasteiger partial charge in [-0.15, -0.1) is 11.8 Å². The molecule has 0 aliphatic carbocycles. The van der Waals surface area contributed by atoms with Gasteiger partial charge in [-0.2, -0.15) is 0 Å². The average Bonchev–Trinajstić information content (AvgIpc) is 2.96. The van der Waals surface area contributed by atoms with E-state index in [1.54, 1.807) is 6.07 Å². The number of halogens is 2. The van der Waals surface area contributed by atoms with E-state index < -0.39 is 11.6 Å². The number of hydrogen-bond donors (Lipinski definition) is 1. The fourth-order valence-electron chi connectivity index (χ4n) is 2.84. The molecule has 0 spiro atoms. The van der Waals surface area contributed by atoms with Crippen LogP contribution in [-0.2, 0) is 15.2 Å². The summed E-state index contributed by atoms with van der Waals surface area (Å²) in [6.07, 6.45) is 0.588. The van der Waals surface area contributed by atoms with E-state index in [9.17, 15) is 4.79 Å². The molecule has 2 aromatic rings. The van der Waals surface area contributed by atoms with Crippen molar-refractivity contribution in [2.45, 2.75) is 30.8 Å². The number of rotatable bonds is 5. The third-order valence-electron chi connectivity index (χ3n) is 4.19. The van der Waals surface area contributed by atoms with Crippen LogP contribution in [0.4, 0.5) is 0 Å². The van der Waals surface area contributed by atoms with E-state index in [0.29, 0.717) is 16.5 Å². The van der Waals surface area contributed by atoms with E-state index >= 15 is 0 Å². The molecule has 7 heteroatoms. The molecule has 0 amide bonds. The lowest BCUT2D eigenvalue weighted by molar-refractivity contribution is -0.133. The number of benzene rings is 2. The number of carboxylic acids is 1. The molecule has 0 saturated carbocycles. The maximum absolute atomic E-state index is 10.7. The van der Waals surface area contributed by atoms with E-state index in [-0.39, 0.29) is 5.75 Å². The molecule has 1 heterocycles. The fraction of sp³-hybridized carbons (Fsp3) is 0.263. The van der Waals surface area contributed by atoms with E-state index in [0.717, 1.165) is 27.3 Å². The molecule has 0 saturated heterocycles. The van der Waals surface area contributed by atoms with Gasteiger partial charge in [0.25, 0.3) is 0 Å². The highest BCUT2D eigenvalue weighted by Crippen LogP contribution is 2.38. The second-order valence-electron chi connectivity index (χ2n) is 6.36. The van der Waals surface area contributed by atoms with Crippen LogP contribution in [0.1, 0.15) is 30.0 Å². The van der Waals surface area contributed by atoms with E-state index in [1.165, 1.54) is 11.8 Å². The molecule has 0 radical (unpaired) electrons. The summed E-state index contributed by atoms with van der Waals surface area (Å²) in [4.78, 5) is 17.4. The second-order valence-corrected chi connectivity index (χ2v) is 8.25. The largest absolute Gasteiger partial charge is 0.481 e. The lowest BCUT2D eigenvalue weighted by Crippen LogP contribution is -2.22. The number of carbonyl (C=O) groups is 1. The van der Waals surface area contributed by atoms with Crippen LogP contribution in [0.25, 0.3) is 0 Å². The molecular formula is C19H17Cl2NO3S. The van der Waals surface area contributed by atoms with Crippen molar-refractivity contribution >= 4 is 46.6 Å². The summed E-state index contributed by atoms with van der Waals surface area (Å²) in [5, 5.41) is 14.2. The molecule has 0 aromatic heterocycles. The molecule has 0 unspecified atom stereocenters. The first-order chi connectivity index (χ1) is 12.3. The van der Waals surface area contributed by atoms with Crippen molar-refractivity contribution in [3.63, 3.8) is 0 Å². The molecular weight excluding hydrogens is 393 g/mol. The van der Waals surface area contributed by atoms with E-state index in [2.05, 4.69) is 5.16 Å². The van der Waals surface area contributed by atoms with Crippen LogP contribution < -0.4 is 0 Å². The standard InChI is InChI=1S/C19H17Cl2NO3S/c1-11-5-12(3-4-17(11)26-10-18(23)24)16-9-19(2,25-22-16)13-6-14(20)8-15(21)7-13/h3-8H,9-10H2,1-2H3,(H,23,24)/t19-/m0/s1. The zero-order valence-electron chi connectivity index (χ0n) is 14.3. The number of aliphatic carboxylic acids is 1. The highest BCUT2D eigenvalue weighted by atomic mass is 35.5. The first kappa shape index (κ1) is 19.1. The molecule has 1 aliphatic heterocycles. The summed E-state index contributed by atoms with van der Waals surface area (Å²) >= 11 is 13.5. The second kappa shape index (κ2) is 7.51. The summed E-state index contributed by atoms with van der Waals surface area (Å²) in [6, 6.07) is 11.2. The average molecular weight is 410 g/mol. The van der Waals surface area contributed by atoms with Crippen molar-refractivity contribution in [3.8, 4) is 0 Å². The lowest BCUT2D eigenvalue weighted by atomic mass is 9.89. The van der Waals surface area contributed by atoms with Gasteiger partial charge in [0, 0.05) is 26.9 Å². The Hall–Kier alpha value is -1.69. The Balaban J connectivity index is 1.79. The van der Waals surface area contributed by atoms with Gasteiger partial charge in [-0.05, 0) is 55.3 Å². The van der Waals surface area contributed by atoms with Crippen molar-refractivity contribution < 1.29 is 14.7 Å². The summed E-state index contributed by atoms with van der Waals surface area (Å²) in [7, 11) is 0. The minimum Gasteiger partial charge on any atom is -0.481 e. The first-order valence-corrected chi connectivity index (χ1v) is 9.68. The fourth-order valence-corrected chi connectivity index (χ4v) is 4.09. The third kappa shape index (κ3) is 4.17. The summed E-state index contributed by atoms with van der Waals surface area (Å²) < 4.78 is 0. The predicted molar refractivity (Wildman–Crippen MR) is 106 cm³/mol. The van der Waals surface area contributed by atoms with Crippen molar-refractivity contribution in [2.24, 2.45) is 5.16 Å². The monoisotopic (exact) mass is 409 g/mol. The summed E-state index contributed by atoms with van der Waals surface area (Å²) in [6.45, 7) is 3.91. The quantitative estimate of drug-likeness (QED) is 0.660. The number of thioether (sulfide) groups is 1. The Bertz CT molecular complexity index is 880. The molecule has 4 nitrogen and oxygen atoms in total. The topological polar surface area (TPSA) is 58.9 Å².